The molecule has 24 heavy (non-hydrogen) atoms. The van der Waals surface area contributed by atoms with Crippen LogP contribution in [0.15, 0.2) is 29.2 Å². The van der Waals surface area contributed by atoms with Crippen LogP contribution in [0.4, 0.5) is 0 Å². The quantitative estimate of drug-likeness (QED) is 0.869. The second-order valence-electron chi connectivity index (χ2n) is 6.48. The van der Waals surface area contributed by atoms with Gasteiger partial charge in [-0.1, -0.05) is 12.1 Å². The fourth-order valence-corrected chi connectivity index (χ4v) is 5.53. The molecule has 0 unspecified atom stereocenters. The average Bonchev–Trinajstić information content (AvgIpc) is 2.61. The van der Waals surface area contributed by atoms with Crippen LogP contribution in [0.1, 0.15) is 26.2 Å². The summed E-state index contributed by atoms with van der Waals surface area (Å²) in [6.07, 6.45) is 1.52. The van der Waals surface area contributed by atoms with Crippen molar-refractivity contribution in [3.05, 3.63) is 24.3 Å². The zero-order valence-corrected chi connectivity index (χ0v) is 15.0. The Labute approximate surface area is 143 Å². The van der Waals surface area contributed by atoms with Gasteiger partial charge in [0.2, 0.25) is 10.0 Å². The molecule has 0 aromatic heterocycles. The minimum atomic E-state index is -3.60. The van der Waals surface area contributed by atoms with Crippen LogP contribution in [0.25, 0.3) is 0 Å². The van der Waals surface area contributed by atoms with E-state index in [-0.39, 0.29) is 16.4 Å². The van der Waals surface area contributed by atoms with Gasteiger partial charge in [0.15, 0.2) is 0 Å². The molecule has 0 amide bonds. The number of ether oxygens (including phenoxy) is 2. The highest BCUT2D eigenvalue weighted by Gasteiger charge is 2.56. The number of methoxy groups -OCH3 is 1. The van der Waals surface area contributed by atoms with Gasteiger partial charge in [-0.25, -0.2) is 8.42 Å². The molecule has 134 valence electrons. The van der Waals surface area contributed by atoms with Crippen molar-refractivity contribution in [3.8, 4) is 5.75 Å². The molecule has 2 aliphatic rings. The Morgan fingerprint density at radius 2 is 1.96 bits per heavy atom. The van der Waals surface area contributed by atoms with Gasteiger partial charge in [0.1, 0.15) is 10.6 Å². The van der Waals surface area contributed by atoms with E-state index >= 15 is 0 Å². The molecular formula is C17H25NO5S. The molecule has 1 aromatic rings. The maximum atomic E-state index is 12.9. The number of sulfonamides is 1. The molecule has 1 aliphatic carbocycles. The SMILES string of the molecule is CCO[C@@H]1C[C@H](O)C12CCN(S(=O)(=O)c1ccccc1OC)CC2. The Hall–Kier alpha value is -1.15. The van der Waals surface area contributed by atoms with E-state index in [1.54, 1.807) is 24.3 Å². The van der Waals surface area contributed by atoms with Gasteiger partial charge in [0.05, 0.1) is 19.3 Å². The van der Waals surface area contributed by atoms with Gasteiger partial charge >= 0.3 is 0 Å². The van der Waals surface area contributed by atoms with Crippen LogP contribution in [-0.2, 0) is 14.8 Å². The predicted molar refractivity (Wildman–Crippen MR) is 89.5 cm³/mol. The largest absolute Gasteiger partial charge is 0.495 e. The zero-order chi connectivity index (χ0) is 17.4. The van der Waals surface area contributed by atoms with Crippen LogP contribution >= 0.6 is 0 Å². The maximum absolute atomic E-state index is 12.9. The Bertz CT molecular complexity index is 680. The molecule has 1 saturated heterocycles. The van der Waals surface area contributed by atoms with Crippen molar-refractivity contribution in [3.63, 3.8) is 0 Å². The molecule has 1 aliphatic heterocycles. The lowest BCUT2D eigenvalue weighted by Crippen LogP contribution is -2.62. The van der Waals surface area contributed by atoms with Crippen LogP contribution in [0.3, 0.4) is 0 Å². The molecule has 7 heteroatoms. The van der Waals surface area contributed by atoms with Gasteiger partial charge in [0.25, 0.3) is 0 Å². The number of hydrogen-bond donors (Lipinski definition) is 1. The van der Waals surface area contributed by atoms with Gasteiger partial charge in [-0.05, 0) is 31.9 Å². The second-order valence-corrected chi connectivity index (χ2v) is 8.39. The van der Waals surface area contributed by atoms with Gasteiger partial charge in [-0.15, -0.1) is 0 Å². The molecular weight excluding hydrogens is 330 g/mol. The molecule has 2 atom stereocenters. The van der Waals surface area contributed by atoms with E-state index in [4.69, 9.17) is 9.47 Å². The van der Waals surface area contributed by atoms with Crippen molar-refractivity contribution in [2.75, 3.05) is 26.8 Å². The molecule has 0 bridgehead atoms. The minimum absolute atomic E-state index is 0.0358. The fraction of sp³-hybridized carbons (Fsp3) is 0.647. The standard InChI is InChI=1S/C17H25NO5S/c1-3-23-16-12-15(19)17(16)8-10-18(11-9-17)24(20,21)14-7-5-4-6-13(14)22-2/h4-7,15-16,19H,3,8-12H2,1-2H3/t15-,16+/m0/s1. The van der Waals surface area contributed by atoms with E-state index in [1.165, 1.54) is 11.4 Å². The second kappa shape index (κ2) is 6.63. The number of aliphatic hydroxyl groups excluding tert-OH is 1. The third kappa shape index (κ3) is 2.73. The van der Waals surface area contributed by atoms with Gasteiger partial charge < -0.3 is 14.6 Å². The first kappa shape index (κ1) is 17.7. The molecule has 1 saturated carbocycles. The summed E-state index contributed by atoms with van der Waals surface area (Å²) in [5.74, 6) is 0.355. The molecule has 1 spiro atoms. The maximum Gasteiger partial charge on any atom is 0.246 e. The van der Waals surface area contributed by atoms with Crippen LogP contribution in [0.2, 0.25) is 0 Å². The highest BCUT2D eigenvalue weighted by atomic mass is 32.2. The Morgan fingerprint density at radius 3 is 2.54 bits per heavy atom. The van der Waals surface area contributed by atoms with Crippen LogP contribution in [0.5, 0.6) is 5.75 Å². The molecule has 6 nitrogen and oxygen atoms in total. The zero-order valence-electron chi connectivity index (χ0n) is 14.1. The molecule has 3 rings (SSSR count). The lowest BCUT2D eigenvalue weighted by molar-refractivity contribution is -0.205. The van der Waals surface area contributed by atoms with E-state index in [9.17, 15) is 13.5 Å². The van der Waals surface area contributed by atoms with Crippen molar-refractivity contribution in [1.29, 1.82) is 0 Å². The van der Waals surface area contributed by atoms with Crippen LogP contribution < -0.4 is 4.74 Å². The molecule has 2 fully saturated rings. The minimum Gasteiger partial charge on any atom is -0.495 e. The number of rotatable bonds is 5. The average molecular weight is 355 g/mol. The summed E-state index contributed by atoms with van der Waals surface area (Å²) in [6.45, 7) is 3.34. The Balaban J connectivity index is 1.77. The third-order valence-corrected chi connectivity index (χ3v) is 7.39. The van der Waals surface area contributed by atoms with Gasteiger partial charge in [-0.3, -0.25) is 0 Å². The Morgan fingerprint density at radius 1 is 1.29 bits per heavy atom. The van der Waals surface area contributed by atoms with E-state index in [1.807, 2.05) is 6.92 Å². The first-order valence-corrected chi connectivity index (χ1v) is 9.82. The summed E-state index contributed by atoms with van der Waals surface area (Å²) in [7, 11) is -2.13. The van der Waals surface area contributed by atoms with Crippen molar-refractivity contribution in [1.82, 2.24) is 4.31 Å². The highest BCUT2D eigenvalue weighted by Crippen LogP contribution is 2.51. The number of benzene rings is 1. The summed E-state index contributed by atoms with van der Waals surface area (Å²) in [5.41, 5.74) is -0.289. The van der Waals surface area contributed by atoms with Gasteiger partial charge in [-0.2, -0.15) is 4.31 Å². The summed E-state index contributed by atoms with van der Waals surface area (Å²) in [6, 6.07) is 6.67. The topological polar surface area (TPSA) is 76.1 Å². The molecule has 0 radical (unpaired) electrons. The molecule has 1 heterocycles. The third-order valence-electron chi connectivity index (χ3n) is 5.45. The van der Waals surface area contributed by atoms with E-state index < -0.39 is 16.1 Å². The van der Waals surface area contributed by atoms with Crippen molar-refractivity contribution >= 4 is 10.0 Å². The van der Waals surface area contributed by atoms with E-state index in [0.29, 0.717) is 44.7 Å². The van der Waals surface area contributed by atoms with Crippen molar-refractivity contribution in [2.24, 2.45) is 5.41 Å². The number of piperidine rings is 1. The van der Waals surface area contributed by atoms with Crippen molar-refractivity contribution in [2.45, 2.75) is 43.3 Å². The van der Waals surface area contributed by atoms with Crippen LogP contribution in [0, 0.1) is 5.41 Å². The van der Waals surface area contributed by atoms with E-state index in [2.05, 4.69) is 0 Å². The number of aliphatic hydroxyl groups is 1. The monoisotopic (exact) mass is 355 g/mol. The molecule has 1 N–H and O–H groups in total. The van der Waals surface area contributed by atoms with Gasteiger partial charge in [0, 0.05) is 31.5 Å². The Kier molecular flexibility index (Phi) is 4.88. The first-order valence-electron chi connectivity index (χ1n) is 8.38. The predicted octanol–water partition coefficient (Wildman–Crippen LogP) is 1.64. The summed E-state index contributed by atoms with van der Waals surface area (Å²) < 4.78 is 38.3. The number of nitrogens with zero attached hydrogens (tertiary/aromatic N) is 1. The molecule has 1 aromatic carbocycles. The first-order chi connectivity index (χ1) is 11.5. The van der Waals surface area contributed by atoms with Crippen LogP contribution in [-0.4, -0.2) is 56.8 Å². The van der Waals surface area contributed by atoms with E-state index in [0.717, 1.165) is 0 Å². The lowest BCUT2D eigenvalue weighted by atomic mass is 9.58. The van der Waals surface area contributed by atoms with Crippen molar-refractivity contribution < 1.29 is 23.0 Å². The lowest BCUT2D eigenvalue weighted by Gasteiger charge is -2.56. The number of para-hydroxylation sites is 1. The summed E-state index contributed by atoms with van der Waals surface area (Å²) in [4.78, 5) is 0.193. The number of hydrogen-bond acceptors (Lipinski definition) is 5. The smallest absolute Gasteiger partial charge is 0.246 e. The normalized spacial score (nSPS) is 27.0. The highest BCUT2D eigenvalue weighted by molar-refractivity contribution is 7.89. The summed E-state index contributed by atoms with van der Waals surface area (Å²) >= 11 is 0. The summed E-state index contributed by atoms with van der Waals surface area (Å²) in [5, 5.41) is 10.2. The fourth-order valence-electron chi connectivity index (χ4n) is 3.93.